The summed E-state index contributed by atoms with van der Waals surface area (Å²) in [6.07, 6.45) is -0.835. The SMILES string of the molecule is CC1(C)CC(c2cccc(C(F)(F)F)c2)=CC(Cl)C1. The van der Waals surface area contributed by atoms with Gasteiger partial charge in [0.05, 0.1) is 10.9 Å². The van der Waals surface area contributed by atoms with Crippen molar-refractivity contribution in [3.63, 3.8) is 0 Å². The number of alkyl halides is 4. The van der Waals surface area contributed by atoms with Crippen LogP contribution in [0, 0.1) is 5.41 Å². The zero-order valence-corrected chi connectivity index (χ0v) is 11.6. The second-order valence-electron chi connectivity index (χ2n) is 5.83. The van der Waals surface area contributed by atoms with Crippen molar-refractivity contribution in [1.82, 2.24) is 0 Å². The van der Waals surface area contributed by atoms with Crippen LogP contribution in [-0.2, 0) is 6.18 Å². The van der Waals surface area contributed by atoms with E-state index in [0.29, 0.717) is 5.56 Å². The van der Waals surface area contributed by atoms with E-state index in [2.05, 4.69) is 13.8 Å². The molecule has 1 unspecified atom stereocenters. The number of benzene rings is 1. The Morgan fingerprint density at radius 1 is 1.26 bits per heavy atom. The maximum absolute atomic E-state index is 12.7. The molecule has 0 spiro atoms. The topological polar surface area (TPSA) is 0 Å². The number of rotatable bonds is 1. The van der Waals surface area contributed by atoms with Crippen LogP contribution in [0.5, 0.6) is 0 Å². The summed E-state index contributed by atoms with van der Waals surface area (Å²) in [7, 11) is 0. The third-order valence-corrected chi connectivity index (χ3v) is 3.64. The Morgan fingerprint density at radius 3 is 2.53 bits per heavy atom. The molecule has 4 heteroatoms. The zero-order valence-electron chi connectivity index (χ0n) is 10.9. The van der Waals surface area contributed by atoms with E-state index in [1.54, 1.807) is 6.07 Å². The molecule has 0 nitrogen and oxygen atoms in total. The Balaban J connectivity index is 2.37. The minimum absolute atomic E-state index is 0.0186. The molecular formula is C15H16ClF3. The molecule has 1 aromatic carbocycles. The third kappa shape index (κ3) is 3.53. The maximum Gasteiger partial charge on any atom is 0.416 e. The van der Waals surface area contributed by atoms with E-state index in [0.717, 1.165) is 24.5 Å². The number of hydrogen-bond acceptors (Lipinski definition) is 0. The van der Waals surface area contributed by atoms with Gasteiger partial charge in [-0.3, -0.25) is 0 Å². The van der Waals surface area contributed by atoms with Crippen LogP contribution in [0.2, 0.25) is 0 Å². The highest BCUT2D eigenvalue weighted by Gasteiger charge is 2.32. The summed E-state index contributed by atoms with van der Waals surface area (Å²) in [6.45, 7) is 4.17. The number of halogens is 4. The first kappa shape index (κ1) is 14.4. The molecule has 0 aromatic heterocycles. The largest absolute Gasteiger partial charge is 0.416 e. The highest BCUT2D eigenvalue weighted by Crippen LogP contribution is 2.42. The first-order chi connectivity index (χ1) is 8.67. The molecular weight excluding hydrogens is 273 g/mol. The molecule has 0 bridgehead atoms. The van der Waals surface area contributed by atoms with Crippen LogP contribution >= 0.6 is 11.6 Å². The van der Waals surface area contributed by atoms with Crippen molar-refractivity contribution in [3.8, 4) is 0 Å². The van der Waals surface area contributed by atoms with Crippen LogP contribution in [0.25, 0.3) is 5.57 Å². The van der Waals surface area contributed by atoms with E-state index in [1.807, 2.05) is 6.08 Å². The average Bonchev–Trinajstić information content (AvgIpc) is 2.25. The molecule has 0 saturated carbocycles. The zero-order chi connectivity index (χ0) is 14.3. The lowest BCUT2D eigenvalue weighted by molar-refractivity contribution is -0.137. The van der Waals surface area contributed by atoms with E-state index in [4.69, 9.17) is 11.6 Å². The van der Waals surface area contributed by atoms with E-state index < -0.39 is 11.7 Å². The normalized spacial score (nSPS) is 23.1. The minimum Gasteiger partial charge on any atom is -0.166 e. The number of allylic oxidation sites excluding steroid dienone is 2. The molecule has 0 aliphatic heterocycles. The van der Waals surface area contributed by atoms with Gasteiger partial charge in [0.25, 0.3) is 0 Å². The first-order valence-corrected chi connectivity index (χ1v) is 6.63. The second-order valence-corrected chi connectivity index (χ2v) is 6.39. The Labute approximate surface area is 116 Å². The molecule has 104 valence electrons. The number of hydrogen-bond donors (Lipinski definition) is 0. The Bertz CT molecular complexity index is 500. The summed E-state index contributed by atoms with van der Waals surface area (Å²) in [4.78, 5) is 0. The standard InChI is InChI=1S/C15H16ClF3/c1-14(2)8-11(7-13(16)9-14)10-4-3-5-12(6-10)15(17,18)19/h3-7,13H,8-9H2,1-2H3. The summed E-state index contributed by atoms with van der Waals surface area (Å²) >= 11 is 6.18. The minimum atomic E-state index is -4.30. The van der Waals surface area contributed by atoms with Gasteiger partial charge >= 0.3 is 6.18 Å². The first-order valence-electron chi connectivity index (χ1n) is 6.20. The van der Waals surface area contributed by atoms with Crippen LogP contribution in [0.15, 0.2) is 30.3 Å². The van der Waals surface area contributed by atoms with E-state index in [-0.39, 0.29) is 10.8 Å². The molecule has 1 atom stereocenters. The summed E-state index contributed by atoms with van der Waals surface area (Å²) < 4.78 is 38.2. The van der Waals surface area contributed by atoms with Gasteiger partial charge in [-0.2, -0.15) is 13.2 Å². The van der Waals surface area contributed by atoms with Crippen molar-refractivity contribution in [2.24, 2.45) is 5.41 Å². The van der Waals surface area contributed by atoms with Crippen LogP contribution < -0.4 is 0 Å². The Hall–Kier alpha value is -0.960. The van der Waals surface area contributed by atoms with E-state index in [9.17, 15) is 13.2 Å². The molecule has 0 amide bonds. The van der Waals surface area contributed by atoms with Crippen molar-refractivity contribution in [3.05, 3.63) is 41.5 Å². The predicted octanol–water partition coefficient (Wildman–Crippen LogP) is 5.52. The Kier molecular flexibility index (Phi) is 3.69. The van der Waals surface area contributed by atoms with Crippen LogP contribution in [0.4, 0.5) is 13.2 Å². The molecule has 1 aliphatic carbocycles. The van der Waals surface area contributed by atoms with Crippen LogP contribution in [-0.4, -0.2) is 5.38 Å². The highest BCUT2D eigenvalue weighted by atomic mass is 35.5. The van der Waals surface area contributed by atoms with Gasteiger partial charge in [0.2, 0.25) is 0 Å². The van der Waals surface area contributed by atoms with Crippen molar-refractivity contribution in [1.29, 1.82) is 0 Å². The molecule has 1 aromatic rings. The average molecular weight is 289 g/mol. The lowest BCUT2D eigenvalue weighted by Gasteiger charge is -2.32. The molecule has 0 saturated heterocycles. The monoisotopic (exact) mass is 288 g/mol. The molecule has 0 heterocycles. The van der Waals surface area contributed by atoms with Crippen molar-refractivity contribution < 1.29 is 13.2 Å². The van der Waals surface area contributed by atoms with Gasteiger partial charge in [0, 0.05) is 0 Å². The van der Waals surface area contributed by atoms with Gasteiger partial charge < -0.3 is 0 Å². The smallest absolute Gasteiger partial charge is 0.166 e. The predicted molar refractivity (Wildman–Crippen MR) is 72.1 cm³/mol. The van der Waals surface area contributed by atoms with Gasteiger partial charge in [-0.25, -0.2) is 0 Å². The molecule has 1 aliphatic rings. The van der Waals surface area contributed by atoms with E-state index in [1.165, 1.54) is 12.1 Å². The fourth-order valence-corrected chi connectivity index (χ4v) is 3.12. The fraction of sp³-hybridized carbons (Fsp3) is 0.467. The third-order valence-electron chi connectivity index (χ3n) is 3.36. The van der Waals surface area contributed by atoms with Gasteiger partial charge in [0.15, 0.2) is 0 Å². The van der Waals surface area contributed by atoms with Crippen molar-refractivity contribution >= 4 is 17.2 Å². The van der Waals surface area contributed by atoms with Gasteiger partial charge in [-0.1, -0.05) is 32.1 Å². The van der Waals surface area contributed by atoms with Gasteiger partial charge in [-0.15, -0.1) is 11.6 Å². The quantitative estimate of drug-likeness (QED) is 0.597. The van der Waals surface area contributed by atoms with Gasteiger partial charge in [-0.05, 0) is 41.5 Å². The van der Waals surface area contributed by atoms with Crippen LogP contribution in [0.3, 0.4) is 0 Å². The maximum atomic E-state index is 12.7. The molecule has 0 fully saturated rings. The summed E-state index contributed by atoms with van der Waals surface area (Å²) in [5.41, 5.74) is 0.932. The van der Waals surface area contributed by atoms with Gasteiger partial charge in [0.1, 0.15) is 0 Å². The van der Waals surface area contributed by atoms with E-state index >= 15 is 0 Å². The van der Waals surface area contributed by atoms with Crippen molar-refractivity contribution in [2.75, 3.05) is 0 Å². The summed E-state index contributed by atoms with van der Waals surface area (Å²) in [5.74, 6) is 0. The molecule has 19 heavy (non-hydrogen) atoms. The lowest BCUT2D eigenvalue weighted by Crippen LogP contribution is -2.21. The molecule has 0 radical (unpaired) electrons. The van der Waals surface area contributed by atoms with Crippen molar-refractivity contribution in [2.45, 2.75) is 38.2 Å². The Morgan fingerprint density at radius 2 is 1.95 bits per heavy atom. The highest BCUT2D eigenvalue weighted by molar-refractivity contribution is 6.22. The van der Waals surface area contributed by atoms with Crippen LogP contribution in [0.1, 0.15) is 37.8 Å². The summed E-state index contributed by atoms with van der Waals surface area (Å²) in [5, 5.41) is -0.117. The summed E-state index contributed by atoms with van der Waals surface area (Å²) in [6, 6.07) is 5.46. The lowest BCUT2D eigenvalue weighted by atomic mass is 9.75. The molecule has 0 N–H and O–H groups in total. The second kappa shape index (κ2) is 4.86. The molecule has 2 rings (SSSR count). The fourth-order valence-electron chi connectivity index (χ4n) is 2.55.